The van der Waals surface area contributed by atoms with Crippen LogP contribution in [-0.2, 0) is 9.63 Å². The molecule has 9 nitrogen and oxygen atoms in total. The highest BCUT2D eigenvalue weighted by atomic mass is 32.1. The third-order valence-corrected chi connectivity index (χ3v) is 4.06. The number of hydroxylamine groups is 1. The van der Waals surface area contributed by atoms with Crippen LogP contribution in [0.1, 0.15) is 6.42 Å². The lowest BCUT2D eigenvalue weighted by Crippen LogP contribution is -2.57. The lowest BCUT2D eigenvalue weighted by molar-refractivity contribution is -0.249. The van der Waals surface area contributed by atoms with Gasteiger partial charge in [0.1, 0.15) is 0 Å². The maximum Gasteiger partial charge on any atom is 0.365 e. The molecule has 1 aliphatic rings. The standard InChI is InChI=1S/C9H17N3O6S2/c10-5-3(19)1-9(16,8(14)15)18-12-6(5)7(13)4(20)2-11-17/h3-7,12-13,16,19-20H,1-2,10H2,(H,14,15)/t3-,4+,5+,6+,7+,9-/m0/s1. The summed E-state index contributed by atoms with van der Waals surface area (Å²) in [6.45, 7) is -0.268. The molecule has 0 spiro atoms. The number of thiol groups is 2. The molecule has 1 saturated heterocycles. The molecular weight excluding hydrogens is 310 g/mol. The molecule has 0 aromatic heterocycles. The minimum atomic E-state index is -2.51. The Morgan fingerprint density at radius 3 is 2.75 bits per heavy atom. The number of carbonyl (C=O) groups is 1. The van der Waals surface area contributed by atoms with Crippen molar-refractivity contribution in [3.05, 3.63) is 4.91 Å². The quantitative estimate of drug-likeness (QED) is 0.228. The van der Waals surface area contributed by atoms with Crippen molar-refractivity contribution in [3.8, 4) is 0 Å². The van der Waals surface area contributed by atoms with Crippen molar-refractivity contribution in [2.75, 3.05) is 6.54 Å². The number of nitrogens with one attached hydrogen (secondary N) is 1. The molecule has 1 rings (SSSR count). The van der Waals surface area contributed by atoms with Gasteiger partial charge in [-0.2, -0.15) is 35.6 Å². The smallest absolute Gasteiger partial charge is 0.365 e. The summed E-state index contributed by atoms with van der Waals surface area (Å²) in [6, 6.07) is -1.82. The highest BCUT2D eigenvalue weighted by Crippen LogP contribution is 2.26. The SMILES string of the molecule is N[C@H]1[C@H]([C@H](O)[C@H](S)CN=O)NO[C@](O)(C(=O)O)C[C@@H]1S. The van der Waals surface area contributed by atoms with E-state index in [2.05, 4.69) is 35.9 Å². The number of aliphatic carboxylic acids is 1. The average molecular weight is 327 g/mol. The van der Waals surface area contributed by atoms with Gasteiger partial charge in [-0.25, -0.2) is 4.79 Å². The summed E-state index contributed by atoms with van der Waals surface area (Å²) < 4.78 is 0. The molecule has 0 bridgehead atoms. The highest BCUT2D eigenvalue weighted by molar-refractivity contribution is 7.81. The van der Waals surface area contributed by atoms with Gasteiger partial charge in [0, 0.05) is 17.7 Å². The Morgan fingerprint density at radius 1 is 1.65 bits per heavy atom. The Labute approximate surface area is 125 Å². The van der Waals surface area contributed by atoms with Gasteiger partial charge in [0.2, 0.25) is 0 Å². The Hall–Kier alpha value is -0.430. The van der Waals surface area contributed by atoms with E-state index in [0.29, 0.717) is 0 Å². The number of carboxylic acid groups (broad SMARTS) is 1. The predicted molar refractivity (Wildman–Crippen MR) is 75.4 cm³/mol. The zero-order valence-corrected chi connectivity index (χ0v) is 12.1. The monoisotopic (exact) mass is 327 g/mol. The third kappa shape index (κ3) is 3.81. The first-order valence-electron chi connectivity index (χ1n) is 5.71. The molecule has 20 heavy (non-hydrogen) atoms. The average Bonchev–Trinajstić information content (AvgIpc) is 2.48. The Kier molecular flexibility index (Phi) is 6.19. The zero-order valence-electron chi connectivity index (χ0n) is 10.3. The zero-order chi connectivity index (χ0) is 15.5. The van der Waals surface area contributed by atoms with Crippen molar-refractivity contribution in [1.82, 2.24) is 5.48 Å². The number of aliphatic hydroxyl groups is 2. The molecule has 116 valence electrons. The van der Waals surface area contributed by atoms with Crippen LogP contribution in [0.3, 0.4) is 0 Å². The van der Waals surface area contributed by atoms with E-state index >= 15 is 0 Å². The van der Waals surface area contributed by atoms with Crippen LogP contribution < -0.4 is 11.2 Å². The van der Waals surface area contributed by atoms with Crippen LogP contribution in [0.25, 0.3) is 0 Å². The van der Waals surface area contributed by atoms with Crippen molar-refractivity contribution in [1.29, 1.82) is 0 Å². The van der Waals surface area contributed by atoms with Gasteiger partial charge in [0.15, 0.2) is 0 Å². The third-order valence-electron chi connectivity index (χ3n) is 3.07. The van der Waals surface area contributed by atoms with Crippen molar-refractivity contribution >= 4 is 31.2 Å². The minimum absolute atomic E-state index is 0.268. The largest absolute Gasteiger partial charge is 0.477 e. The van der Waals surface area contributed by atoms with Gasteiger partial charge in [0.05, 0.1) is 23.9 Å². The van der Waals surface area contributed by atoms with Crippen LogP contribution in [0.15, 0.2) is 5.18 Å². The van der Waals surface area contributed by atoms with Crippen molar-refractivity contribution < 1.29 is 25.0 Å². The van der Waals surface area contributed by atoms with Crippen molar-refractivity contribution in [2.45, 2.75) is 40.9 Å². The number of hydrogen-bond donors (Lipinski definition) is 7. The maximum atomic E-state index is 11.0. The minimum Gasteiger partial charge on any atom is -0.477 e. The van der Waals surface area contributed by atoms with E-state index in [1.165, 1.54) is 0 Å². The van der Waals surface area contributed by atoms with Gasteiger partial charge in [-0.05, 0) is 0 Å². The predicted octanol–water partition coefficient (Wildman–Crippen LogP) is -1.90. The second-order valence-corrected chi connectivity index (χ2v) is 5.88. The van der Waals surface area contributed by atoms with Crippen molar-refractivity contribution in [3.63, 3.8) is 0 Å². The summed E-state index contributed by atoms with van der Waals surface area (Å²) in [5.41, 5.74) is 8.08. The molecule has 1 fully saturated rings. The summed E-state index contributed by atoms with van der Waals surface area (Å²) in [6.07, 6.45) is -1.64. The summed E-state index contributed by atoms with van der Waals surface area (Å²) in [5.74, 6) is -4.11. The molecule has 0 saturated carbocycles. The van der Waals surface area contributed by atoms with E-state index in [1.54, 1.807) is 0 Å². The lowest BCUT2D eigenvalue weighted by atomic mass is 9.95. The molecule has 1 heterocycles. The number of nitrogens with two attached hydrogens (primary N) is 1. The van der Waals surface area contributed by atoms with E-state index in [1.807, 2.05) is 0 Å². The van der Waals surface area contributed by atoms with E-state index in [0.717, 1.165) is 0 Å². The van der Waals surface area contributed by atoms with Gasteiger partial charge in [-0.15, -0.1) is 0 Å². The number of carboxylic acids is 1. The number of rotatable bonds is 5. The van der Waals surface area contributed by atoms with Gasteiger partial charge in [0.25, 0.3) is 5.79 Å². The van der Waals surface area contributed by atoms with Gasteiger partial charge >= 0.3 is 5.97 Å². The fraction of sp³-hybridized carbons (Fsp3) is 0.889. The van der Waals surface area contributed by atoms with Crippen LogP contribution in [-0.4, -0.2) is 62.3 Å². The summed E-state index contributed by atoms with van der Waals surface area (Å²) >= 11 is 8.12. The number of hydrogen-bond acceptors (Lipinski definition) is 10. The van der Waals surface area contributed by atoms with Crippen molar-refractivity contribution in [2.24, 2.45) is 10.9 Å². The topological polar surface area (TPSA) is 154 Å². The molecule has 0 aromatic carbocycles. The first kappa shape index (κ1) is 17.6. The fourth-order valence-electron chi connectivity index (χ4n) is 1.80. The van der Waals surface area contributed by atoms with E-state index in [4.69, 9.17) is 15.7 Å². The molecule has 6 atom stereocenters. The van der Waals surface area contributed by atoms with E-state index in [9.17, 15) is 19.9 Å². The fourth-order valence-corrected chi connectivity index (χ4v) is 2.48. The van der Waals surface area contributed by atoms with Gasteiger partial charge in [-0.1, -0.05) is 5.18 Å². The van der Waals surface area contributed by atoms with Crippen LogP contribution >= 0.6 is 25.3 Å². The van der Waals surface area contributed by atoms with Crippen LogP contribution in [0, 0.1) is 4.91 Å². The second kappa shape index (κ2) is 7.02. The Bertz CT molecular complexity index is 376. The number of nitrogens with zero attached hydrogens (tertiary/aromatic N) is 1. The number of nitroso groups, excluding NO2 is 1. The molecule has 6 N–H and O–H groups in total. The number of aliphatic hydroxyl groups excluding tert-OH is 1. The Morgan fingerprint density at radius 2 is 2.25 bits per heavy atom. The molecule has 11 heteroatoms. The van der Waals surface area contributed by atoms with Gasteiger partial charge in [-0.3, -0.25) is 4.84 Å². The van der Waals surface area contributed by atoms with E-state index < -0.39 is 40.4 Å². The maximum absolute atomic E-state index is 11.0. The molecule has 0 aromatic rings. The van der Waals surface area contributed by atoms with Crippen LogP contribution in [0.4, 0.5) is 0 Å². The molecule has 0 aliphatic carbocycles. The molecule has 1 aliphatic heterocycles. The molecular formula is C9H17N3O6S2. The highest BCUT2D eigenvalue weighted by Gasteiger charge is 2.47. The normalized spacial score (nSPS) is 37.8. The molecule has 0 radical (unpaired) electrons. The Balaban J connectivity index is 2.89. The second-order valence-electron chi connectivity index (χ2n) is 4.55. The lowest BCUT2D eigenvalue weighted by Gasteiger charge is -2.30. The van der Waals surface area contributed by atoms with Crippen LogP contribution in [0.2, 0.25) is 0 Å². The summed E-state index contributed by atoms with van der Waals surface area (Å²) in [5, 5.41) is 29.8. The first-order valence-corrected chi connectivity index (χ1v) is 6.74. The summed E-state index contributed by atoms with van der Waals surface area (Å²) in [7, 11) is 0. The van der Waals surface area contributed by atoms with Crippen LogP contribution in [0.5, 0.6) is 0 Å². The molecule has 0 unspecified atom stereocenters. The van der Waals surface area contributed by atoms with Gasteiger partial charge < -0.3 is 21.1 Å². The van der Waals surface area contributed by atoms with E-state index in [-0.39, 0.29) is 13.0 Å². The first-order chi connectivity index (χ1) is 9.23. The molecule has 0 amide bonds. The summed E-state index contributed by atoms with van der Waals surface area (Å²) in [4.78, 5) is 25.9.